The van der Waals surface area contributed by atoms with E-state index in [0.717, 1.165) is 13.0 Å². The average Bonchev–Trinajstić information content (AvgIpc) is 2.95. The molecule has 1 saturated heterocycles. The van der Waals surface area contributed by atoms with Crippen LogP contribution in [0, 0.1) is 5.92 Å². The number of anilines is 1. The van der Waals surface area contributed by atoms with Crippen molar-refractivity contribution in [2.24, 2.45) is 5.92 Å². The highest BCUT2D eigenvalue weighted by Gasteiger charge is 2.31. The van der Waals surface area contributed by atoms with Crippen LogP contribution in [0.25, 0.3) is 0 Å². The predicted molar refractivity (Wildman–Crippen MR) is 107 cm³/mol. The first-order chi connectivity index (χ1) is 12.3. The Balaban J connectivity index is 1.74. The highest BCUT2D eigenvalue weighted by molar-refractivity contribution is 5.90. The molecule has 3 nitrogen and oxygen atoms in total. The standard InChI is InChI=1S/C23H29NO2/c1-17-14-15-24(21(17)16-18-8-6-5-7-9-18)20-12-10-19(11-13-20)22(25)26-23(2,3)4/h5-13,17,21H,14-16H2,1-4H3/t17-,21+/m1/s1. The van der Waals surface area contributed by atoms with Gasteiger partial charge in [-0.3, -0.25) is 0 Å². The van der Waals surface area contributed by atoms with E-state index >= 15 is 0 Å². The summed E-state index contributed by atoms with van der Waals surface area (Å²) in [4.78, 5) is 14.7. The summed E-state index contributed by atoms with van der Waals surface area (Å²) in [5.74, 6) is 0.389. The first-order valence-electron chi connectivity index (χ1n) is 9.47. The van der Waals surface area contributed by atoms with Gasteiger partial charge in [-0.05, 0) is 69.4 Å². The van der Waals surface area contributed by atoms with E-state index in [1.54, 1.807) is 0 Å². The number of nitrogens with zero attached hydrogens (tertiary/aromatic N) is 1. The van der Waals surface area contributed by atoms with Gasteiger partial charge in [-0.25, -0.2) is 4.79 Å². The van der Waals surface area contributed by atoms with Crippen molar-refractivity contribution in [3.8, 4) is 0 Å². The van der Waals surface area contributed by atoms with Crippen molar-refractivity contribution in [2.45, 2.75) is 52.2 Å². The molecule has 26 heavy (non-hydrogen) atoms. The molecule has 0 aromatic heterocycles. The quantitative estimate of drug-likeness (QED) is 0.718. The molecule has 0 bridgehead atoms. The molecule has 0 radical (unpaired) electrons. The van der Waals surface area contributed by atoms with Crippen LogP contribution in [0.5, 0.6) is 0 Å². The monoisotopic (exact) mass is 351 g/mol. The fraction of sp³-hybridized carbons (Fsp3) is 0.435. The van der Waals surface area contributed by atoms with Gasteiger partial charge in [0.05, 0.1) is 5.56 Å². The van der Waals surface area contributed by atoms with Gasteiger partial charge in [0.15, 0.2) is 0 Å². The highest BCUT2D eigenvalue weighted by Crippen LogP contribution is 2.32. The van der Waals surface area contributed by atoms with Gasteiger partial charge in [-0.1, -0.05) is 37.3 Å². The summed E-state index contributed by atoms with van der Waals surface area (Å²) in [7, 11) is 0. The molecule has 0 aliphatic carbocycles. The number of carbonyl (C=O) groups is 1. The number of rotatable bonds is 4. The van der Waals surface area contributed by atoms with E-state index in [9.17, 15) is 4.79 Å². The molecular weight excluding hydrogens is 322 g/mol. The third-order valence-corrected chi connectivity index (χ3v) is 5.00. The molecule has 0 spiro atoms. The number of benzene rings is 2. The maximum absolute atomic E-state index is 12.2. The van der Waals surface area contributed by atoms with Gasteiger partial charge in [-0.15, -0.1) is 0 Å². The Hall–Kier alpha value is -2.29. The largest absolute Gasteiger partial charge is 0.456 e. The first-order valence-corrected chi connectivity index (χ1v) is 9.47. The van der Waals surface area contributed by atoms with Gasteiger partial charge in [0.1, 0.15) is 5.60 Å². The Morgan fingerprint density at radius 1 is 1.08 bits per heavy atom. The molecule has 1 heterocycles. The summed E-state index contributed by atoms with van der Waals surface area (Å²) in [6, 6.07) is 19.0. The zero-order chi connectivity index (χ0) is 18.7. The lowest BCUT2D eigenvalue weighted by molar-refractivity contribution is 0.00696. The fourth-order valence-electron chi connectivity index (χ4n) is 3.62. The second-order valence-electron chi connectivity index (χ2n) is 8.27. The van der Waals surface area contributed by atoms with E-state index < -0.39 is 5.60 Å². The van der Waals surface area contributed by atoms with Crippen molar-refractivity contribution in [3.05, 3.63) is 65.7 Å². The molecule has 3 rings (SSSR count). The second-order valence-corrected chi connectivity index (χ2v) is 8.27. The van der Waals surface area contributed by atoms with Gasteiger partial charge >= 0.3 is 5.97 Å². The van der Waals surface area contributed by atoms with E-state index in [-0.39, 0.29) is 5.97 Å². The van der Waals surface area contributed by atoms with E-state index in [1.807, 2.05) is 32.9 Å². The molecule has 1 fully saturated rings. The van der Waals surface area contributed by atoms with Crippen LogP contribution in [0.15, 0.2) is 54.6 Å². The number of esters is 1. The summed E-state index contributed by atoms with van der Waals surface area (Å²) in [5, 5.41) is 0. The van der Waals surface area contributed by atoms with Crippen molar-refractivity contribution in [3.63, 3.8) is 0 Å². The molecule has 2 aromatic rings. The van der Waals surface area contributed by atoms with Gasteiger partial charge in [0.25, 0.3) is 0 Å². The van der Waals surface area contributed by atoms with Crippen molar-refractivity contribution in [1.82, 2.24) is 0 Å². The molecular formula is C23H29NO2. The van der Waals surface area contributed by atoms with Gasteiger partial charge in [0.2, 0.25) is 0 Å². The third-order valence-electron chi connectivity index (χ3n) is 5.00. The molecule has 0 N–H and O–H groups in total. The van der Waals surface area contributed by atoms with Crippen molar-refractivity contribution >= 4 is 11.7 Å². The minimum atomic E-state index is -0.471. The number of carbonyl (C=O) groups excluding carboxylic acids is 1. The van der Waals surface area contributed by atoms with Crippen molar-refractivity contribution in [2.75, 3.05) is 11.4 Å². The zero-order valence-electron chi connectivity index (χ0n) is 16.2. The SMILES string of the molecule is C[C@@H]1CCN(c2ccc(C(=O)OC(C)(C)C)cc2)[C@H]1Cc1ccccc1. The van der Waals surface area contributed by atoms with E-state index in [0.29, 0.717) is 17.5 Å². The van der Waals surface area contributed by atoms with Crippen LogP contribution in [-0.4, -0.2) is 24.2 Å². The molecule has 1 aliphatic heterocycles. The van der Waals surface area contributed by atoms with Gasteiger partial charge in [-0.2, -0.15) is 0 Å². The Morgan fingerprint density at radius 3 is 2.35 bits per heavy atom. The minimum Gasteiger partial charge on any atom is -0.456 e. The molecule has 0 amide bonds. The first kappa shape index (κ1) is 18.5. The lowest BCUT2D eigenvalue weighted by atomic mass is 9.95. The maximum atomic E-state index is 12.2. The summed E-state index contributed by atoms with van der Waals surface area (Å²) in [6.45, 7) is 9.06. The molecule has 0 unspecified atom stereocenters. The van der Waals surface area contributed by atoms with E-state index in [4.69, 9.17) is 4.74 Å². The van der Waals surface area contributed by atoms with Crippen LogP contribution in [0.1, 0.15) is 50.0 Å². The van der Waals surface area contributed by atoms with Crippen LogP contribution in [0.2, 0.25) is 0 Å². The zero-order valence-corrected chi connectivity index (χ0v) is 16.2. The summed E-state index contributed by atoms with van der Waals surface area (Å²) < 4.78 is 5.45. The molecule has 2 atom stereocenters. The van der Waals surface area contributed by atoms with Crippen molar-refractivity contribution < 1.29 is 9.53 Å². The maximum Gasteiger partial charge on any atom is 0.338 e. The number of hydrogen-bond acceptors (Lipinski definition) is 3. The average molecular weight is 351 g/mol. The Bertz CT molecular complexity index is 731. The van der Waals surface area contributed by atoms with Crippen LogP contribution < -0.4 is 4.90 Å². The third kappa shape index (κ3) is 4.46. The Kier molecular flexibility index (Phi) is 5.36. The Morgan fingerprint density at radius 2 is 1.73 bits per heavy atom. The normalized spacial score (nSPS) is 20.2. The van der Waals surface area contributed by atoms with Crippen LogP contribution >= 0.6 is 0 Å². The minimum absolute atomic E-state index is 0.264. The lowest BCUT2D eigenvalue weighted by Gasteiger charge is -2.29. The fourth-order valence-corrected chi connectivity index (χ4v) is 3.62. The lowest BCUT2D eigenvalue weighted by Crippen LogP contribution is -2.34. The molecule has 1 aliphatic rings. The predicted octanol–water partition coefficient (Wildman–Crippen LogP) is 5.10. The topological polar surface area (TPSA) is 29.5 Å². The highest BCUT2D eigenvalue weighted by atomic mass is 16.6. The van der Waals surface area contributed by atoms with Crippen LogP contribution in [0.4, 0.5) is 5.69 Å². The smallest absolute Gasteiger partial charge is 0.338 e. The van der Waals surface area contributed by atoms with E-state index in [1.165, 1.54) is 17.7 Å². The second kappa shape index (κ2) is 7.53. The van der Waals surface area contributed by atoms with Crippen LogP contribution in [-0.2, 0) is 11.2 Å². The van der Waals surface area contributed by atoms with Crippen LogP contribution in [0.3, 0.4) is 0 Å². The number of ether oxygens (including phenoxy) is 1. The molecule has 2 aromatic carbocycles. The van der Waals surface area contributed by atoms with E-state index in [2.05, 4.69) is 54.3 Å². The molecule has 138 valence electrons. The van der Waals surface area contributed by atoms with Gasteiger partial charge in [0, 0.05) is 18.3 Å². The summed E-state index contributed by atoms with van der Waals surface area (Å²) in [5.41, 5.74) is 2.70. The molecule has 3 heteroatoms. The summed E-state index contributed by atoms with van der Waals surface area (Å²) in [6.07, 6.45) is 2.25. The number of hydrogen-bond donors (Lipinski definition) is 0. The molecule has 0 saturated carbocycles. The Labute approximate surface area is 157 Å². The van der Waals surface area contributed by atoms with Gasteiger partial charge < -0.3 is 9.64 Å². The summed E-state index contributed by atoms with van der Waals surface area (Å²) >= 11 is 0. The van der Waals surface area contributed by atoms with Crippen molar-refractivity contribution in [1.29, 1.82) is 0 Å².